The first-order chi connectivity index (χ1) is 7.65. The van der Waals surface area contributed by atoms with Crippen LogP contribution in [-0.2, 0) is 0 Å². The van der Waals surface area contributed by atoms with Crippen molar-refractivity contribution in [2.24, 2.45) is 0 Å². The normalized spacial score (nSPS) is 11.0. The van der Waals surface area contributed by atoms with Crippen molar-refractivity contribution in [2.45, 2.75) is 20.8 Å². The Bertz CT molecular complexity index is 346. The Balaban J connectivity index is 2.60. The first kappa shape index (κ1) is 12.8. The summed E-state index contributed by atoms with van der Waals surface area (Å²) in [5.41, 5.74) is 3.70. The van der Waals surface area contributed by atoms with Crippen LogP contribution in [0.3, 0.4) is 0 Å². The summed E-state index contributed by atoms with van der Waals surface area (Å²) in [5.74, 6) is 1.01. The molecule has 0 radical (unpaired) electrons. The van der Waals surface area contributed by atoms with Gasteiger partial charge in [0.15, 0.2) is 0 Å². The molecule has 0 unspecified atom stereocenters. The van der Waals surface area contributed by atoms with Crippen molar-refractivity contribution in [1.29, 1.82) is 0 Å². The molecule has 0 fully saturated rings. The van der Waals surface area contributed by atoms with Gasteiger partial charge in [-0.25, -0.2) is 0 Å². The molecule has 0 aliphatic heterocycles. The average molecular weight is 219 g/mol. The van der Waals surface area contributed by atoms with Crippen LogP contribution in [0, 0.1) is 20.8 Å². The number of rotatable bonds is 5. The molecule has 0 aromatic heterocycles. The van der Waals surface area contributed by atoms with Crippen molar-refractivity contribution in [3.8, 4) is 5.75 Å². The molecule has 88 valence electrons. The summed E-state index contributed by atoms with van der Waals surface area (Å²) in [6.07, 6.45) is 4.11. The van der Waals surface area contributed by atoms with Crippen molar-refractivity contribution in [3.05, 3.63) is 41.0 Å². The molecule has 0 aliphatic carbocycles. The smallest absolute Gasteiger partial charge is 0.125 e. The molecule has 0 spiro atoms. The van der Waals surface area contributed by atoms with Crippen LogP contribution in [0.25, 0.3) is 0 Å². The van der Waals surface area contributed by atoms with Crippen molar-refractivity contribution >= 4 is 0 Å². The first-order valence-corrected chi connectivity index (χ1v) is 5.65. The quantitative estimate of drug-likeness (QED) is 0.769. The Morgan fingerprint density at radius 3 is 2.31 bits per heavy atom. The molecule has 2 heteroatoms. The maximum absolute atomic E-state index is 5.75. The zero-order valence-corrected chi connectivity index (χ0v) is 10.6. The molecule has 1 rings (SSSR count). The second-order valence-electron chi connectivity index (χ2n) is 4.07. The van der Waals surface area contributed by atoms with Gasteiger partial charge in [0.2, 0.25) is 0 Å². The monoisotopic (exact) mass is 219 g/mol. The molecule has 1 aromatic carbocycles. The number of nitrogens with one attached hydrogen (secondary N) is 1. The fourth-order valence-corrected chi connectivity index (χ4v) is 1.80. The van der Waals surface area contributed by atoms with E-state index in [2.05, 4.69) is 44.3 Å². The molecule has 0 saturated carbocycles. The van der Waals surface area contributed by atoms with E-state index in [0.717, 1.165) is 12.3 Å². The van der Waals surface area contributed by atoms with Crippen molar-refractivity contribution in [2.75, 3.05) is 20.2 Å². The van der Waals surface area contributed by atoms with Gasteiger partial charge in [-0.1, -0.05) is 29.8 Å². The van der Waals surface area contributed by atoms with Crippen LogP contribution in [-0.4, -0.2) is 20.2 Å². The highest BCUT2D eigenvalue weighted by molar-refractivity contribution is 5.43. The molecule has 1 aromatic rings. The number of likely N-dealkylation sites (N-methyl/N-ethyl adjacent to an activating group) is 1. The summed E-state index contributed by atoms with van der Waals surface area (Å²) in [7, 11) is 1.93. The Labute approximate surface area is 98.3 Å². The third-order valence-electron chi connectivity index (χ3n) is 2.42. The Kier molecular flexibility index (Phi) is 5.06. The summed E-state index contributed by atoms with van der Waals surface area (Å²) < 4.78 is 5.75. The van der Waals surface area contributed by atoms with Gasteiger partial charge in [-0.2, -0.15) is 0 Å². The topological polar surface area (TPSA) is 21.3 Å². The summed E-state index contributed by atoms with van der Waals surface area (Å²) in [6, 6.07) is 4.30. The molecule has 0 bridgehead atoms. The minimum absolute atomic E-state index is 0.631. The molecule has 16 heavy (non-hydrogen) atoms. The fourth-order valence-electron chi connectivity index (χ4n) is 1.80. The predicted octanol–water partition coefficient (Wildman–Crippen LogP) is 2.77. The van der Waals surface area contributed by atoms with Gasteiger partial charge in [-0.05, 0) is 38.9 Å². The van der Waals surface area contributed by atoms with Gasteiger partial charge < -0.3 is 10.1 Å². The van der Waals surface area contributed by atoms with E-state index < -0.39 is 0 Å². The van der Waals surface area contributed by atoms with Gasteiger partial charge in [-0.15, -0.1) is 0 Å². The van der Waals surface area contributed by atoms with Crippen LogP contribution in [0.5, 0.6) is 5.75 Å². The molecule has 0 atom stereocenters. The molecule has 2 nitrogen and oxygen atoms in total. The highest BCUT2D eigenvalue weighted by atomic mass is 16.5. The van der Waals surface area contributed by atoms with Gasteiger partial charge in [0.05, 0.1) is 0 Å². The second kappa shape index (κ2) is 6.33. The van der Waals surface area contributed by atoms with Gasteiger partial charge in [0.25, 0.3) is 0 Å². The van der Waals surface area contributed by atoms with Crippen LogP contribution in [0.1, 0.15) is 16.7 Å². The van der Waals surface area contributed by atoms with E-state index in [0.29, 0.717) is 6.61 Å². The zero-order valence-electron chi connectivity index (χ0n) is 10.6. The molecule has 0 aliphatic rings. The minimum Gasteiger partial charge on any atom is -0.489 e. The zero-order chi connectivity index (χ0) is 12.0. The summed E-state index contributed by atoms with van der Waals surface area (Å²) in [4.78, 5) is 0. The van der Waals surface area contributed by atoms with E-state index in [9.17, 15) is 0 Å². The SMILES string of the molecule is CNCC=CCOc1c(C)cc(C)cc1C. The van der Waals surface area contributed by atoms with Gasteiger partial charge in [0, 0.05) is 6.54 Å². The Hall–Kier alpha value is -1.28. The number of ether oxygens (including phenoxy) is 1. The van der Waals surface area contributed by atoms with Crippen LogP contribution < -0.4 is 10.1 Å². The van der Waals surface area contributed by atoms with Crippen LogP contribution in [0.4, 0.5) is 0 Å². The Morgan fingerprint density at radius 1 is 1.12 bits per heavy atom. The number of benzene rings is 1. The molecule has 0 saturated heterocycles. The van der Waals surface area contributed by atoms with Crippen molar-refractivity contribution in [3.63, 3.8) is 0 Å². The van der Waals surface area contributed by atoms with Gasteiger partial charge >= 0.3 is 0 Å². The van der Waals surface area contributed by atoms with E-state index in [1.807, 2.05) is 13.1 Å². The lowest BCUT2D eigenvalue weighted by Crippen LogP contribution is -2.05. The number of hydrogen-bond donors (Lipinski definition) is 1. The Morgan fingerprint density at radius 2 is 1.75 bits per heavy atom. The van der Waals surface area contributed by atoms with E-state index in [1.54, 1.807) is 0 Å². The lowest BCUT2D eigenvalue weighted by Gasteiger charge is -2.11. The van der Waals surface area contributed by atoms with Crippen molar-refractivity contribution < 1.29 is 4.74 Å². The van der Waals surface area contributed by atoms with Gasteiger partial charge in [0.1, 0.15) is 12.4 Å². The third kappa shape index (κ3) is 3.70. The van der Waals surface area contributed by atoms with E-state index in [1.165, 1.54) is 16.7 Å². The maximum atomic E-state index is 5.75. The maximum Gasteiger partial charge on any atom is 0.125 e. The lowest BCUT2D eigenvalue weighted by molar-refractivity contribution is 0.357. The average Bonchev–Trinajstić information content (AvgIpc) is 2.20. The predicted molar refractivity (Wildman–Crippen MR) is 69.2 cm³/mol. The standard InChI is InChI=1S/C14H21NO/c1-11-9-12(2)14(13(3)10-11)16-8-6-5-7-15-4/h5-6,9-10,15H,7-8H2,1-4H3. The number of aryl methyl sites for hydroxylation is 3. The van der Waals surface area contributed by atoms with Crippen molar-refractivity contribution in [1.82, 2.24) is 5.32 Å². The fraction of sp³-hybridized carbons (Fsp3) is 0.429. The van der Waals surface area contributed by atoms with Crippen LogP contribution in [0.15, 0.2) is 24.3 Å². The van der Waals surface area contributed by atoms with Crippen LogP contribution in [0.2, 0.25) is 0 Å². The first-order valence-electron chi connectivity index (χ1n) is 5.65. The highest BCUT2D eigenvalue weighted by Gasteiger charge is 2.03. The summed E-state index contributed by atoms with van der Waals surface area (Å²) >= 11 is 0. The minimum atomic E-state index is 0.631. The molecule has 0 heterocycles. The molecule has 1 N–H and O–H groups in total. The van der Waals surface area contributed by atoms with E-state index in [4.69, 9.17) is 4.74 Å². The molecular formula is C14H21NO. The molecular weight excluding hydrogens is 198 g/mol. The van der Waals surface area contributed by atoms with E-state index in [-0.39, 0.29) is 0 Å². The summed E-state index contributed by atoms with van der Waals surface area (Å²) in [5, 5.41) is 3.05. The third-order valence-corrected chi connectivity index (χ3v) is 2.42. The largest absolute Gasteiger partial charge is 0.489 e. The number of hydrogen-bond acceptors (Lipinski definition) is 2. The highest BCUT2D eigenvalue weighted by Crippen LogP contribution is 2.24. The van der Waals surface area contributed by atoms with E-state index >= 15 is 0 Å². The summed E-state index contributed by atoms with van der Waals surface area (Å²) in [6.45, 7) is 7.80. The lowest BCUT2D eigenvalue weighted by atomic mass is 10.1. The van der Waals surface area contributed by atoms with Gasteiger partial charge in [-0.3, -0.25) is 0 Å². The molecule has 0 amide bonds. The van der Waals surface area contributed by atoms with Crippen LogP contribution >= 0.6 is 0 Å². The second-order valence-corrected chi connectivity index (χ2v) is 4.07.